The molecule has 0 N–H and O–H groups in total. The van der Waals surface area contributed by atoms with Crippen molar-refractivity contribution in [3.05, 3.63) is 60.2 Å². The Labute approximate surface area is 125 Å². The Morgan fingerprint density at radius 1 is 0.952 bits per heavy atom. The molecule has 1 aromatic heterocycles. The summed E-state index contributed by atoms with van der Waals surface area (Å²) in [6.07, 6.45) is 1.00. The first-order valence-corrected chi connectivity index (χ1v) is 7.39. The molecule has 0 bridgehead atoms. The van der Waals surface area contributed by atoms with Gasteiger partial charge in [-0.15, -0.1) is 0 Å². The molecule has 0 atom stereocenters. The summed E-state index contributed by atoms with van der Waals surface area (Å²) in [5.41, 5.74) is 3.20. The Morgan fingerprint density at radius 2 is 1.76 bits per heavy atom. The van der Waals surface area contributed by atoms with Gasteiger partial charge in [0, 0.05) is 6.07 Å². The first-order chi connectivity index (χ1) is 10.3. The molecular weight excluding hydrogens is 260 g/mol. The fourth-order valence-electron chi connectivity index (χ4n) is 2.44. The van der Waals surface area contributed by atoms with Crippen LogP contribution in [0.15, 0.2) is 59.0 Å². The van der Waals surface area contributed by atoms with Crippen molar-refractivity contribution < 1.29 is 9.15 Å². The van der Waals surface area contributed by atoms with Crippen molar-refractivity contribution in [3.8, 4) is 17.1 Å². The van der Waals surface area contributed by atoms with Gasteiger partial charge >= 0.3 is 11.3 Å². The summed E-state index contributed by atoms with van der Waals surface area (Å²) in [7, 11) is 0. The van der Waals surface area contributed by atoms with Crippen LogP contribution < -0.4 is 4.74 Å². The smallest absolute Gasteiger partial charge is 0.364 e. The Balaban J connectivity index is 2.21. The molecule has 2 aromatic carbocycles. The number of fused-ring (bicyclic) bond motifs is 1. The molecule has 0 aliphatic carbocycles. The van der Waals surface area contributed by atoms with Crippen LogP contribution in [0.3, 0.4) is 0 Å². The van der Waals surface area contributed by atoms with Crippen LogP contribution in [0.25, 0.3) is 22.3 Å². The van der Waals surface area contributed by atoms with Gasteiger partial charge in [-0.25, -0.2) is 4.42 Å². The highest BCUT2D eigenvalue weighted by molar-refractivity contribution is 5.86. The summed E-state index contributed by atoms with van der Waals surface area (Å²) in [5, 5.41) is 1.04. The predicted molar refractivity (Wildman–Crippen MR) is 86.6 cm³/mol. The molecule has 2 heteroatoms. The molecule has 0 amide bonds. The van der Waals surface area contributed by atoms with E-state index in [4.69, 9.17) is 9.15 Å². The molecule has 106 valence electrons. The molecule has 0 aliphatic heterocycles. The minimum atomic E-state index is 0.643. The van der Waals surface area contributed by atoms with Crippen molar-refractivity contribution in [1.82, 2.24) is 0 Å². The lowest BCUT2D eigenvalue weighted by Gasteiger charge is -2.05. The number of rotatable bonds is 4. The lowest BCUT2D eigenvalue weighted by molar-refractivity contribution is 0.342. The number of hydrogen-bond donors (Lipinski definition) is 0. The van der Waals surface area contributed by atoms with Crippen LogP contribution >= 0.6 is 0 Å². The van der Waals surface area contributed by atoms with Crippen LogP contribution in [0, 0.1) is 0 Å². The van der Waals surface area contributed by atoms with Crippen LogP contribution in [0.4, 0.5) is 0 Å². The second kappa shape index (κ2) is 5.96. The van der Waals surface area contributed by atoms with Gasteiger partial charge in [0.05, 0.1) is 18.2 Å². The predicted octanol–water partition coefficient (Wildman–Crippen LogP) is 5.34. The molecule has 0 unspecified atom stereocenters. The standard InChI is InChI=1S/C19H19O2/c1-3-14-10-11-17-16(12-14)19(20-4-2)13-18(21-17)15-8-6-5-7-9-15/h5-13H,3-4H2,1-2H3/q+1. The van der Waals surface area contributed by atoms with Gasteiger partial charge in [0.2, 0.25) is 0 Å². The number of ether oxygens (including phenoxy) is 1. The molecule has 0 aliphatic rings. The van der Waals surface area contributed by atoms with Crippen molar-refractivity contribution in [3.63, 3.8) is 0 Å². The Morgan fingerprint density at radius 3 is 2.48 bits per heavy atom. The maximum absolute atomic E-state index is 6.05. The van der Waals surface area contributed by atoms with E-state index in [9.17, 15) is 0 Å². The van der Waals surface area contributed by atoms with Gasteiger partial charge in [0.1, 0.15) is 11.1 Å². The molecule has 0 spiro atoms. The van der Waals surface area contributed by atoms with Crippen molar-refractivity contribution >= 4 is 11.0 Å². The number of benzene rings is 2. The summed E-state index contributed by atoms with van der Waals surface area (Å²) >= 11 is 0. The van der Waals surface area contributed by atoms with Crippen LogP contribution in [0.5, 0.6) is 5.75 Å². The van der Waals surface area contributed by atoms with E-state index in [1.54, 1.807) is 0 Å². The normalized spacial score (nSPS) is 10.8. The molecule has 0 radical (unpaired) electrons. The largest absolute Gasteiger partial charge is 0.493 e. The molecule has 21 heavy (non-hydrogen) atoms. The number of hydrogen-bond acceptors (Lipinski definition) is 1. The maximum atomic E-state index is 6.05. The second-order valence-corrected chi connectivity index (χ2v) is 4.96. The first kappa shape index (κ1) is 13.6. The van der Waals surface area contributed by atoms with E-state index in [-0.39, 0.29) is 0 Å². The van der Waals surface area contributed by atoms with Crippen molar-refractivity contribution in [2.24, 2.45) is 0 Å². The Kier molecular flexibility index (Phi) is 3.87. The summed E-state index contributed by atoms with van der Waals surface area (Å²) < 4.78 is 11.9. The minimum absolute atomic E-state index is 0.643. The van der Waals surface area contributed by atoms with E-state index in [1.807, 2.05) is 49.4 Å². The lowest BCUT2D eigenvalue weighted by Crippen LogP contribution is -1.94. The van der Waals surface area contributed by atoms with Crippen molar-refractivity contribution in [2.75, 3.05) is 6.61 Å². The highest BCUT2D eigenvalue weighted by Gasteiger charge is 2.19. The molecular formula is C19H19O2+. The van der Waals surface area contributed by atoms with Gasteiger partial charge in [-0.2, -0.15) is 0 Å². The van der Waals surface area contributed by atoms with E-state index in [0.29, 0.717) is 6.61 Å². The van der Waals surface area contributed by atoms with Gasteiger partial charge < -0.3 is 4.74 Å². The topological polar surface area (TPSA) is 20.5 Å². The van der Waals surface area contributed by atoms with Crippen molar-refractivity contribution in [2.45, 2.75) is 20.3 Å². The third-order valence-corrected chi connectivity index (χ3v) is 3.56. The minimum Gasteiger partial charge on any atom is -0.493 e. The van der Waals surface area contributed by atoms with E-state index in [0.717, 1.165) is 34.5 Å². The van der Waals surface area contributed by atoms with E-state index in [1.165, 1.54) is 5.56 Å². The fourth-order valence-corrected chi connectivity index (χ4v) is 2.44. The van der Waals surface area contributed by atoms with Gasteiger partial charge in [-0.3, -0.25) is 0 Å². The Bertz CT molecular complexity index is 748. The summed E-state index contributed by atoms with van der Waals surface area (Å²) in [4.78, 5) is 0. The molecule has 0 fully saturated rings. The molecule has 0 saturated carbocycles. The van der Waals surface area contributed by atoms with Gasteiger partial charge in [-0.05, 0) is 43.2 Å². The molecule has 2 nitrogen and oxygen atoms in total. The summed E-state index contributed by atoms with van der Waals surface area (Å²) in [6, 6.07) is 18.4. The average Bonchev–Trinajstić information content (AvgIpc) is 2.55. The number of aryl methyl sites for hydroxylation is 1. The summed E-state index contributed by atoms with van der Waals surface area (Å²) in [5.74, 6) is 1.71. The molecule has 1 heterocycles. The molecule has 0 saturated heterocycles. The zero-order valence-corrected chi connectivity index (χ0v) is 12.4. The van der Waals surface area contributed by atoms with Crippen LogP contribution in [0.1, 0.15) is 19.4 Å². The highest BCUT2D eigenvalue weighted by atomic mass is 16.5. The van der Waals surface area contributed by atoms with E-state index in [2.05, 4.69) is 19.1 Å². The first-order valence-electron chi connectivity index (χ1n) is 7.39. The highest BCUT2D eigenvalue weighted by Crippen LogP contribution is 2.33. The third kappa shape index (κ3) is 2.75. The van der Waals surface area contributed by atoms with Gasteiger partial charge in [0.15, 0.2) is 0 Å². The SMILES string of the molecule is CCOc1cc(-c2ccccc2)[o+]c2ccc(CC)cc12. The van der Waals surface area contributed by atoms with Gasteiger partial charge in [-0.1, -0.05) is 25.1 Å². The molecule has 3 aromatic rings. The second-order valence-electron chi connectivity index (χ2n) is 4.96. The van der Waals surface area contributed by atoms with Crippen LogP contribution in [-0.2, 0) is 6.42 Å². The van der Waals surface area contributed by atoms with E-state index >= 15 is 0 Å². The van der Waals surface area contributed by atoms with Gasteiger partial charge in [0.25, 0.3) is 0 Å². The zero-order chi connectivity index (χ0) is 14.7. The monoisotopic (exact) mass is 279 g/mol. The third-order valence-electron chi connectivity index (χ3n) is 3.56. The fraction of sp³-hybridized carbons (Fsp3) is 0.211. The van der Waals surface area contributed by atoms with E-state index < -0.39 is 0 Å². The molecule has 3 rings (SSSR count). The quantitative estimate of drug-likeness (QED) is 0.601. The zero-order valence-electron chi connectivity index (χ0n) is 12.4. The maximum Gasteiger partial charge on any atom is 0.364 e. The Hall–Kier alpha value is -2.35. The lowest BCUT2D eigenvalue weighted by atomic mass is 10.1. The summed E-state index contributed by atoms with van der Waals surface area (Å²) in [6.45, 7) is 4.79. The van der Waals surface area contributed by atoms with Crippen LogP contribution in [0.2, 0.25) is 0 Å². The van der Waals surface area contributed by atoms with Crippen molar-refractivity contribution in [1.29, 1.82) is 0 Å². The van der Waals surface area contributed by atoms with Crippen LogP contribution in [-0.4, -0.2) is 6.61 Å². The average molecular weight is 279 g/mol.